The summed E-state index contributed by atoms with van der Waals surface area (Å²) in [5.74, 6) is -0.183. The summed E-state index contributed by atoms with van der Waals surface area (Å²) in [6.45, 7) is 0.186. The molecular formula is C19H20N2O2S. The summed E-state index contributed by atoms with van der Waals surface area (Å²) in [6.07, 6.45) is -0.720. The number of thiophene rings is 1. The van der Waals surface area contributed by atoms with Crippen LogP contribution in [-0.4, -0.2) is 31.7 Å². The molecule has 2 N–H and O–H groups in total. The molecule has 1 aromatic heterocycles. The molecule has 124 valence electrons. The number of anilines is 1. The van der Waals surface area contributed by atoms with E-state index in [1.165, 1.54) is 0 Å². The van der Waals surface area contributed by atoms with E-state index in [1.807, 2.05) is 66.8 Å². The summed E-state index contributed by atoms with van der Waals surface area (Å²) in [5, 5.41) is 16.2. The van der Waals surface area contributed by atoms with Crippen molar-refractivity contribution < 1.29 is 9.90 Å². The van der Waals surface area contributed by atoms with Gasteiger partial charge in [-0.3, -0.25) is 4.79 Å². The van der Waals surface area contributed by atoms with Crippen LogP contribution in [0.5, 0.6) is 0 Å². The predicted molar refractivity (Wildman–Crippen MR) is 99.9 cm³/mol. The monoisotopic (exact) mass is 340 g/mol. The number of carbonyl (C=O) groups is 1. The Hall–Kier alpha value is -2.37. The zero-order valence-electron chi connectivity index (χ0n) is 13.7. The van der Waals surface area contributed by atoms with Gasteiger partial charge >= 0.3 is 0 Å². The van der Waals surface area contributed by atoms with Gasteiger partial charge in [0.2, 0.25) is 0 Å². The van der Waals surface area contributed by atoms with E-state index in [2.05, 4.69) is 5.32 Å². The highest BCUT2D eigenvalue weighted by atomic mass is 32.1. The first-order valence-electron chi connectivity index (χ1n) is 7.76. The zero-order valence-corrected chi connectivity index (χ0v) is 14.5. The second kappa shape index (κ2) is 7.03. The van der Waals surface area contributed by atoms with Gasteiger partial charge in [-0.15, -0.1) is 11.3 Å². The number of benzene rings is 2. The molecule has 0 bridgehead atoms. The minimum absolute atomic E-state index is 0.183. The highest BCUT2D eigenvalue weighted by Gasteiger charge is 2.15. The Morgan fingerprint density at radius 2 is 2.00 bits per heavy atom. The third kappa shape index (κ3) is 3.42. The van der Waals surface area contributed by atoms with Crippen LogP contribution < -0.4 is 10.2 Å². The molecular weight excluding hydrogens is 320 g/mol. The third-order valence-electron chi connectivity index (χ3n) is 3.95. The third-order valence-corrected chi connectivity index (χ3v) is 4.93. The van der Waals surface area contributed by atoms with Crippen molar-refractivity contribution in [3.63, 3.8) is 0 Å². The molecule has 0 aliphatic carbocycles. The van der Waals surface area contributed by atoms with Crippen LogP contribution >= 0.6 is 11.3 Å². The highest BCUT2D eigenvalue weighted by Crippen LogP contribution is 2.29. The van der Waals surface area contributed by atoms with Crippen LogP contribution in [0.1, 0.15) is 22.0 Å². The van der Waals surface area contributed by atoms with Gasteiger partial charge in [-0.2, -0.15) is 0 Å². The average Bonchev–Trinajstić information content (AvgIpc) is 3.03. The minimum Gasteiger partial charge on any atom is -0.387 e. The molecule has 0 aliphatic rings. The van der Waals surface area contributed by atoms with Crippen molar-refractivity contribution in [3.8, 4) is 0 Å². The SMILES string of the molecule is CN(C)c1cccc(C(=O)NCC(O)c2csc3ccccc23)c1. The summed E-state index contributed by atoms with van der Waals surface area (Å²) in [5.41, 5.74) is 2.41. The maximum atomic E-state index is 12.3. The Morgan fingerprint density at radius 3 is 2.79 bits per heavy atom. The summed E-state index contributed by atoms with van der Waals surface area (Å²) < 4.78 is 1.14. The predicted octanol–water partition coefficient (Wildman–Crippen LogP) is 3.43. The molecule has 0 fully saturated rings. The number of hydrogen-bond acceptors (Lipinski definition) is 4. The van der Waals surface area contributed by atoms with Gasteiger partial charge in [-0.1, -0.05) is 24.3 Å². The second-order valence-corrected chi connectivity index (χ2v) is 6.77. The van der Waals surface area contributed by atoms with E-state index >= 15 is 0 Å². The number of nitrogens with one attached hydrogen (secondary N) is 1. The molecule has 1 amide bonds. The molecule has 0 saturated heterocycles. The summed E-state index contributed by atoms with van der Waals surface area (Å²) >= 11 is 1.60. The van der Waals surface area contributed by atoms with E-state index in [9.17, 15) is 9.90 Å². The minimum atomic E-state index is -0.720. The number of hydrogen-bond donors (Lipinski definition) is 2. The Morgan fingerprint density at radius 1 is 1.21 bits per heavy atom. The maximum absolute atomic E-state index is 12.3. The van der Waals surface area contributed by atoms with Gasteiger partial charge in [0.05, 0.1) is 6.10 Å². The lowest BCUT2D eigenvalue weighted by atomic mass is 10.1. The molecule has 2 aromatic carbocycles. The number of nitrogens with zero attached hydrogens (tertiary/aromatic N) is 1. The van der Waals surface area contributed by atoms with Crippen molar-refractivity contribution in [3.05, 3.63) is 65.0 Å². The lowest BCUT2D eigenvalue weighted by molar-refractivity contribution is 0.0917. The van der Waals surface area contributed by atoms with Crippen molar-refractivity contribution >= 4 is 33.0 Å². The van der Waals surface area contributed by atoms with Gasteiger partial charge in [0, 0.05) is 42.2 Å². The van der Waals surface area contributed by atoms with Crippen LogP contribution in [0, 0.1) is 0 Å². The zero-order chi connectivity index (χ0) is 17.1. The Labute approximate surface area is 145 Å². The molecule has 4 nitrogen and oxygen atoms in total. The standard InChI is InChI=1S/C19H20N2O2S/c1-21(2)14-7-5-6-13(10-14)19(23)20-11-17(22)16-12-24-18-9-4-3-8-15(16)18/h3-10,12,17,22H,11H2,1-2H3,(H,20,23). The number of fused-ring (bicyclic) bond motifs is 1. The fourth-order valence-corrected chi connectivity index (χ4v) is 3.59. The molecule has 1 unspecified atom stereocenters. The number of rotatable bonds is 5. The smallest absolute Gasteiger partial charge is 0.251 e. The quantitative estimate of drug-likeness (QED) is 0.748. The summed E-state index contributed by atoms with van der Waals surface area (Å²) in [7, 11) is 3.87. The number of carbonyl (C=O) groups excluding carboxylic acids is 1. The molecule has 0 aliphatic heterocycles. The molecule has 3 aromatic rings. The number of amides is 1. The first-order chi connectivity index (χ1) is 11.6. The van der Waals surface area contributed by atoms with Crippen molar-refractivity contribution in [2.75, 3.05) is 25.5 Å². The molecule has 1 atom stereocenters. The molecule has 0 saturated carbocycles. The van der Waals surface area contributed by atoms with Crippen LogP contribution in [0.15, 0.2) is 53.9 Å². The topological polar surface area (TPSA) is 52.6 Å². The fourth-order valence-electron chi connectivity index (χ4n) is 2.58. The maximum Gasteiger partial charge on any atom is 0.251 e. The first kappa shape index (κ1) is 16.5. The van der Waals surface area contributed by atoms with Crippen molar-refractivity contribution in [2.45, 2.75) is 6.10 Å². The highest BCUT2D eigenvalue weighted by molar-refractivity contribution is 7.17. The average molecular weight is 340 g/mol. The molecule has 3 rings (SSSR count). The van der Waals surface area contributed by atoms with Crippen molar-refractivity contribution in [2.24, 2.45) is 0 Å². The van der Waals surface area contributed by atoms with Crippen LogP contribution in [0.2, 0.25) is 0 Å². The van der Waals surface area contributed by atoms with Crippen LogP contribution in [0.25, 0.3) is 10.1 Å². The normalized spacial score (nSPS) is 12.1. The Balaban J connectivity index is 1.69. The van der Waals surface area contributed by atoms with Crippen LogP contribution in [0.4, 0.5) is 5.69 Å². The molecule has 1 heterocycles. The largest absolute Gasteiger partial charge is 0.387 e. The van der Waals surface area contributed by atoms with Gasteiger partial charge in [-0.25, -0.2) is 0 Å². The van der Waals surface area contributed by atoms with Crippen LogP contribution in [0.3, 0.4) is 0 Å². The van der Waals surface area contributed by atoms with E-state index in [4.69, 9.17) is 0 Å². The fraction of sp³-hybridized carbons (Fsp3) is 0.211. The molecule has 0 radical (unpaired) electrons. The molecule has 24 heavy (non-hydrogen) atoms. The molecule has 0 spiro atoms. The summed E-state index contributed by atoms with van der Waals surface area (Å²) in [4.78, 5) is 14.3. The lowest BCUT2D eigenvalue weighted by Gasteiger charge is -2.14. The van der Waals surface area contributed by atoms with E-state index in [0.29, 0.717) is 5.56 Å². The second-order valence-electron chi connectivity index (χ2n) is 5.86. The van der Waals surface area contributed by atoms with Gasteiger partial charge in [0.25, 0.3) is 5.91 Å². The van der Waals surface area contributed by atoms with Gasteiger partial charge in [-0.05, 0) is 35.0 Å². The van der Waals surface area contributed by atoms with E-state index in [-0.39, 0.29) is 12.5 Å². The van der Waals surface area contributed by atoms with E-state index in [0.717, 1.165) is 21.3 Å². The van der Waals surface area contributed by atoms with Crippen molar-refractivity contribution in [1.29, 1.82) is 0 Å². The van der Waals surface area contributed by atoms with Gasteiger partial charge < -0.3 is 15.3 Å². The van der Waals surface area contributed by atoms with Crippen molar-refractivity contribution in [1.82, 2.24) is 5.32 Å². The first-order valence-corrected chi connectivity index (χ1v) is 8.64. The Bertz CT molecular complexity index is 857. The van der Waals surface area contributed by atoms with E-state index in [1.54, 1.807) is 17.4 Å². The summed E-state index contributed by atoms with van der Waals surface area (Å²) in [6, 6.07) is 15.4. The number of aliphatic hydroxyl groups is 1. The van der Waals surface area contributed by atoms with E-state index < -0.39 is 6.10 Å². The van der Waals surface area contributed by atoms with Gasteiger partial charge in [0.1, 0.15) is 0 Å². The lowest BCUT2D eigenvalue weighted by Crippen LogP contribution is -2.28. The van der Waals surface area contributed by atoms with Gasteiger partial charge in [0.15, 0.2) is 0 Å². The molecule has 5 heteroatoms. The number of aliphatic hydroxyl groups excluding tert-OH is 1. The van der Waals surface area contributed by atoms with Crippen LogP contribution in [-0.2, 0) is 0 Å². The Kier molecular flexibility index (Phi) is 4.83.